The topological polar surface area (TPSA) is 175 Å². The van der Waals surface area contributed by atoms with E-state index >= 15 is 0 Å². The van der Waals surface area contributed by atoms with Crippen LogP contribution in [0.15, 0.2) is 109 Å². The van der Waals surface area contributed by atoms with E-state index in [2.05, 4.69) is 118 Å². The Labute approximate surface area is 516 Å². The number of ether oxygens (including phenoxy) is 5. The number of carboxylic acids is 1. The molecule has 1 rings (SSSR count). The molecule has 1 aliphatic rings. The molecule has 0 spiro atoms. The molecular formula is C73H120O12. The fourth-order valence-corrected chi connectivity index (χ4v) is 9.75. The maximum Gasteiger partial charge on any atom is 0.335 e. The fourth-order valence-electron chi connectivity index (χ4n) is 9.75. The number of hydrogen-bond donors (Lipinski definition) is 3. The van der Waals surface area contributed by atoms with Crippen molar-refractivity contribution in [2.75, 3.05) is 13.2 Å². The lowest BCUT2D eigenvalue weighted by molar-refractivity contribution is -0.301. The van der Waals surface area contributed by atoms with Crippen molar-refractivity contribution < 1.29 is 58.2 Å². The van der Waals surface area contributed by atoms with E-state index in [1.54, 1.807) is 0 Å². The molecule has 0 aromatic carbocycles. The van der Waals surface area contributed by atoms with E-state index in [0.717, 1.165) is 122 Å². The van der Waals surface area contributed by atoms with Crippen LogP contribution in [0.3, 0.4) is 0 Å². The SMILES string of the molecule is CC/C=C\C/C=C\C/C=C\C/C=C\C/C=C\CCCC(=O)OC(COC(=O)CCCCCCCC/C=C\C/C=C\C/C=C\C/C=C\CC)COC1OC(C(=O)O)C(O)C(O)C1OC(=O)CCCCCCCCCCCCCCCCCCCCC. The Bertz CT molecular complexity index is 1890. The number of esters is 3. The van der Waals surface area contributed by atoms with E-state index in [0.29, 0.717) is 25.7 Å². The third-order valence-corrected chi connectivity index (χ3v) is 14.8. The maximum atomic E-state index is 13.2. The van der Waals surface area contributed by atoms with Crippen molar-refractivity contribution >= 4 is 23.9 Å². The van der Waals surface area contributed by atoms with E-state index in [9.17, 15) is 34.5 Å². The summed E-state index contributed by atoms with van der Waals surface area (Å²) in [7, 11) is 0. The molecular weight excluding hydrogens is 1070 g/mol. The summed E-state index contributed by atoms with van der Waals surface area (Å²) in [6.07, 6.45) is 69.1. The molecule has 12 heteroatoms. The van der Waals surface area contributed by atoms with E-state index in [4.69, 9.17) is 23.7 Å². The lowest BCUT2D eigenvalue weighted by Gasteiger charge is -2.40. The van der Waals surface area contributed by atoms with Gasteiger partial charge in [0.25, 0.3) is 0 Å². The fraction of sp³-hybridized carbons (Fsp3) is 0.699. The average molecular weight is 1190 g/mol. The molecule has 0 saturated carbocycles. The number of carboxylic acid groups (broad SMARTS) is 1. The Kier molecular flexibility index (Phi) is 55.1. The summed E-state index contributed by atoms with van der Waals surface area (Å²) in [5.74, 6) is -3.21. The molecule has 1 fully saturated rings. The lowest BCUT2D eigenvalue weighted by Crippen LogP contribution is -2.61. The van der Waals surface area contributed by atoms with Gasteiger partial charge in [-0.2, -0.15) is 0 Å². The van der Waals surface area contributed by atoms with Gasteiger partial charge in [0.2, 0.25) is 0 Å². The highest BCUT2D eigenvalue weighted by molar-refractivity contribution is 5.74. The van der Waals surface area contributed by atoms with Gasteiger partial charge in [0.15, 0.2) is 24.6 Å². The van der Waals surface area contributed by atoms with E-state index in [1.165, 1.54) is 89.9 Å². The third kappa shape index (κ3) is 49.1. The highest BCUT2D eigenvalue weighted by Crippen LogP contribution is 2.27. The first-order chi connectivity index (χ1) is 41.6. The Hall–Kier alpha value is -4.62. The summed E-state index contributed by atoms with van der Waals surface area (Å²) in [5, 5.41) is 31.6. The summed E-state index contributed by atoms with van der Waals surface area (Å²) in [5.41, 5.74) is 0. The van der Waals surface area contributed by atoms with Crippen LogP contribution in [0.1, 0.15) is 278 Å². The minimum absolute atomic E-state index is 0.0513. The van der Waals surface area contributed by atoms with Crippen LogP contribution < -0.4 is 0 Å². The zero-order chi connectivity index (χ0) is 61.7. The number of carbonyl (C=O) groups is 4. The van der Waals surface area contributed by atoms with Crippen LogP contribution in [0.5, 0.6) is 0 Å². The van der Waals surface area contributed by atoms with Gasteiger partial charge in [-0.3, -0.25) is 14.4 Å². The molecule has 0 aromatic heterocycles. The number of unbranched alkanes of at least 4 members (excludes halogenated alkanes) is 25. The molecule has 0 aromatic rings. The summed E-state index contributed by atoms with van der Waals surface area (Å²) >= 11 is 0. The summed E-state index contributed by atoms with van der Waals surface area (Å²) < 4.78 is 28.5. The van der Waals surface area contributed by atoms with Crippen molar-refractivity contribution in [3.63, 3.8) is 0 Å². The number of aliphatic carboxylic acids is 1. The number of carbonyl (C=O) groups excluding carboxylic acids is 3. The van der Waals surface area contributed by atoms with Crippen LogP contribution in [0.25, 0.3) is 0 Å². The smallest absolute Gasteiger partial charge is 0.335 e. The molecule has 1 aliphatic heterocycles. The van der Waals surface area contributed by atoms with Crippen LogP contribution in [-0.4, -0.2) is 89.2 Å². The Morgan fingerprint density at radius 2 is 0.753 bits per heavy atom. The summed E-state index contributed by atoms with van der Waals surface area (Å²) in [6, 6.07) is 0. The third-order valence-electron chi connectivity index (χ3n) is 14.8. The van der Waals surface area contributed by atoms with Gasteiger partial charge in [-0.25, -0.2) is 4.79 Å². The molecule has 85 heavy (non-hydrogen) atoms. The largest absolute Gasteiger partial charge is 0.479 e. The second kappa shape index (κ2) is 59.7. The standard InChI is InChI=1S/C73H120O12/c1-4-7-10-13-16-19-22-25-28-31-33-36-38-41-44-47-50-53-56-59-65(74)81-62-64(83-66(75)60-57-54-51-48-45-42-39-35-30-27-24-21-18-15-12-9-6-3)63-82-73-71(69(78)68(77)70(85-73)72(79)80)84-67(76)61-58-55-52-49-46-43-40-37-34-32-29-26-23-20-17-14-11-8-5-2/h7,9-10,12,16,18-19,21,25,27-28,30,33,36,39,42,48,51,64,68-71,73,77-78H,4-6,8,11,13-15,17,20,22-24,26,29,31-32,34-35,37-38,40-41,43-47,49-50,52-63H2,1-3H3,(H,79,80)/b10-7-,12-9-,19-16-,21-18-,28-25-,30-27-,36-33-,42-39-,51-48-. The van der Waals surface area contributed by atoms with Gasteiger partial charge in [-0.1, -0.05) is 271 Å². The molecule has 0 amide bonds. The molecule has 6 atom stereocenters. The Morgan fingerprint density at radius 3 is 1.16 bits per heavy atom. The predicted molar refractivity (Wildman–Crippen MR) is 349 cm³/mol. The average Bonchev–Trinajstić information content (AvgIpc) is 3.53. The zero-order valence-corrected chi connectivity index (χ0v) is 53.6. The van der Waals surface area contributed by atoms with Gasteiger partial charge in [0, 0.05) is 19.3 Å². The van der Waals surface area contributed by atoms with Crippen molar-refractivity contribution in [2.45, 2.75) is 314 Å². The first-order valence-electron chi connectivity index (χ1n) is 33.9. The highest BCUT2D eigenvalue weighted by atomic mass is 16.7. The molecule has 0 aliphatic carbocycles. The first-order valence-corrected chi connectivity index (χ1v) is 33.9. The number of hydrogen-bond acceptors (Lipinski definition) is 11. The molecule has 1 saturated heterocycles. The number of aliphatic hydroxyl groups excluding tert-OH is 2. The van der Waals surface area contributed by atoms with Crippen molar-refractivity contribution in [3.8, 4) is 0 Å². The second-order valence-electron chi connectivity index (χ2n) is 22.7. The quantitative estimate of drug-likeness (QED) is 0.0228. The monoisotopic (exact) mass is 1190 g/mol. The van der Waals surface area contributed by atoms with Crippen molar-refractivity contribution in [2.24, 2.45) is 0 Å². The van der Waals surface area contributed by atoms with E-state index < -0.39 is 67.3 Å². The minimum Gasteiger partial charge on any atom is -0.479 e. The Morgan fingerprint density at radius 1 is 0.400 bits per heavy atom. The molecule has 0 radical (unpaired) electrons. The summed E-state index contributed by atoms with van der Waals surface area (Å²) in [6.45, 7) is 5.74. The van der Waals surface area contributed by atoms with Gasteiger partial charge in [0.05, 0.1) is 6.61 Å². The second-order valence-corrected chi connectivity index (χ2v) is 22.7. The van der Waals surface area contributed by atoms with Crippen molar-refractivity contribution in [1.29, 1.82) is 0 Å². The molecule has 0 bridgehead atoms. The van der Waals surface area contributed by atoms with Gasteiger partial charge < -0.3 is 39.0 Å². The van der Waals surface area contributed by atoms with Crippen LogP contribution in [-0.2, 0) is 42.9 Å². The molecule has 12 nitrogen and oxygen atoms in total. The number of rotatable bonds is 57. The van der Waals surface area contributed by atoms with Crippen LogP contribution >= 0.6 is 0 Å². The minimum atomic E-state index is -1.92. The van der Waals surface area contributed by atoms with Crippen molar-refractivity contribution in [1.82, 2.24) is 0 Å². The Balaban J connectivity index is 2.68. The zero-order valence-electron chi connectivity index (χ0n) is 53.6. The van der Waals surface area contributed by atoms with Crippen LogP contribution in [0.2, 0.25) is 0 Å². The van der Waals surface area contributed by atoms with Crippen LogP contribution in [0, 0.1) is 0 Å². The van der Waals surface area contributed by atoms with E-state index in [-0.39, 0.29) is 25.9 Å². The van der Waals surface area contributed by atoms with Crippen molar-refractivity contribution in [3.05, 3.63) is 109 Å². The highest BCUT2D eigenvalue weighted by Gasteiger charge is 2.50. The molecule has 6 unspecified atom stereocenters. The summed E-state index contributed by atoms with van der Waals surface area (Å²) in [4.78, 5) is 51.4. The molecule has 3 N–H and O–H groups in total. The lowest BCUT2D eigenvalue weighted by atomic mass is 9.98. The van der Waals surface area contributed by atoms with Gasteiger partial charge in [0.1, 0.15) is 18.8 Å². The molecule has 484 valence electrons. The first kappa shape index (κ1) is 78.4. The van der Waals surface area contributed by atoms with Gasteiger partial charge >= 0.3 is 23.9 Å². The number of allylic oxidation sites excluding steroid dienone is 18. The van der Waals surface area contributed by atoms with Gasteiger partial charge in [-0.15, -0.1) is 0 Å². The van der Waals surface area contributed by atoms with Gasteiger partial charge in [-0.05, 0) is 96.3 Å². The predicted octanol–water partition coefficient (Wildman–Crippen LogP) is 18.6. The van der Waals surface area contributed by atoms with Crippen LogP contribution in [0.4, 0.5) is 0 Å². The molecule has 1 heterocycles. The van der Waals surface area contributed by atoms with E-state index in [1.807, 2.05) is 12.2 Å². The number of aliphatic hydroxyl groups is 2. The maximum absolute atomic E-state index is 13.2. The normalized spacial score (nSPS) is 18.2.